The Balaban J connectivity index is 1.80. The fourth-order valence-electron chi connectivity index (χ4n) is 3.42. The Hall–Kier alpha value is -1.11. The Kier molecular flexibility index (Phi) is 6.29. The third-order valence-corrected chi connectivity index (χ3v) is 4.67. The highest BCUT2D eigenvalue weighted by Gasteiger charge is 2.21. The topological polar surface area (TPSA) is 0 Å². The van der Waals surface area contributed by atoms with E-state index in [9.17, 15) is 4.39 Å². The first-order valence-corrected chi connectivity index (χ1v) is 8.17. The number of hydrogen-bond acceptors (Lipinski definition) is 0. The molecule has 0 atom stereocenters. The molecule has 0 unspecified atom stereocenters. The molecule has 1 fully saturated rings. The van der Waals surface area contributed by atoms with Crippen molar-refractivity contribution in [2.24, 2.45) is 5.92 Å². The summed E-state index contributed by atoms with van der Waals surface area (Å²) in [5, 5.41) is 0. The number of benzene rings is 1. The quantitative estimate of drug-likeness (QED) is 0.581. The lowest BCUT2D eigenvalue weighted by molar-refractivity contribution is 0.311. The van der Waals surface area contributed by atoms with Gasteiger partial charge in [0.2, 0.25) is 0 Å². The third kappa shape index (κ3) is 4.47. The summed E-state index contributed by atoms with van der Waals surface area (Å²) in [5.74, 6) is 1.56. The minimum Gasteiger partial charge on any atom is -0.216 e. The summed E-state index contributed by atoms with van der Waals surface area (Å²) >= 11 is 0. The van der Waals surface area contributed by atoms with E-state index in [2.05, 4.69) is 31.2 Å². The van der Waals surface area contributed by atoms with Crippen LogP contribution in [0.15, 0.2) is 36.7 Å². The zero-order valence-corrected chi connectivity index (χ0v) is 12.7. The molecule has 0 heterocycles. The van der Waals surface area contributed by atoms with Crippen LogP contribution in [0.5, 0.6) is 0 Å². The molecule has 1 aliphatic carbocycles. The Bertz CT molecular complexity index is 396. The van der Waals surface area contributed by atoms with E-state index in [1.54, 1.807) is 6.08 Å². The molecule has 0 nitrogen and oxygen atoms in total. The van der Waals surface area contributed by atoms with Crippen molar-refractivity contribution in [2.75, 3.05) is 0 Å². The lowest BCUT2D eigenvalue weighted by atomic mass is 9.77. The van der Waals surface area contributed by atoms with Crippen molar-refractivity contribution in [1.29, 1.82) is 0 Å². The van der Waals surface area contributed by atoms with Gasteiger partial charge < -0.3 is 0 Å². The average Bonchev–Trinajstić information content (AvgIpc) is 2.49. The fraction of sp³-hybridized carbons (Fsp3) is 0.579. The van der Waals surface area contributed by atoms with Crippen LogP contribution in [-0.2, 0) is 6.42 Å². The molecule has 0 N–H and O–H groups in total. The van der Waals surface area contributed by atoms with Gasteiger partial charge in [-0.05, 0) is 67.9 Å². The van der Waals surface area contributed by atoms with Gasteiger partial charge in [0.1, 0.15) is 0 Å². The van der Waals surface area contributed by atoms with Gasteiger partial charge in [-0.2, -0.15) is 0 Å². The Morgan fingerprint density at radius 3 is 2.40 bits per heavy atom. The van der Waals surface area contributed by atoms with E-state index in [4.69, 9.17) is 0 Å². The van der Waals surface area contributed by atoms with E-state index in [-0.39, 0.29) is 0 Å². The summed E-state index contributed by atoms with van der Waals surface area (Å²) in [4.78, 5) is 0. The smallest absolute Gasteiger partial charge is 0.0827 e. The lowest BCUT2D eigenvalue weighted by Gasteiger charge is -2.28. The maximum Gasteiger partial charge on any atom is 0.0827 e. The second-order valence-electron chi connectivity index (χ2n) is 6.15. The second kappa shape index (κ2) is 8.24. The summed E-state index contributed by atoms with van der Waals surface area (Å²) in [7, 11) is 0. The number of hydrogen-bond donors (Lipinski definition) is 0. The summed E-state index contributed by atoms with van der Waals surface area (Å²) in [6, 6.07) is 9.28. The van der Waals surface area contributed by atoms with E-state index in [1.165, 1.54) is 49.7 Å². The Morgan fingerprint density at radius 1 is 1.10 bits per heavy atom. The van der Waals surface area contributed by atoms with Crippen LogP contribution in [0.3, 0.4) is 0 Å². The number of halogens is 1. The van der Waals surface area contributed by atoms with Gasteiger partial charge >= 0.3 is 0 Å². The molecule has 0 radical (unpaired) electrons. The molecule has 2 rings (SSSR count). The first-order chi connectivity index (χ1) is 9.83. The van der Waals surface area contributed by atoms with Crippen LogP contribution < -0.4 is 0 Å². The first kappa shape index (κ1) is 15.3. The van der Waals surface area contributed by atoms with Crippen molar-refractivity contribution in [3.8, 4) is 0 Å². The number of aryl methyl sites for hydroxylation is 1. The van der Waals surface area contributed by atoms with Gasteiger partial charge in [-0.3, -0.25) is 0 Å². The van der Waals surface area contributed by atoms with Gasteiger partial charge in [0.25, 0.3) is 0 Å². The van der Waals surface area contributed by atoms with Gasteiger partial charge in [-0.1, -0.05) is 43.7 Å². The Morgan fingerprint density at radius 2 is 1.80 bits per heavy atom. The molecule has 0 saturated heterocycles. The maximum atomic E-state index is 11.9. The van der Waals surface area contributed by atoms with Crippen LogP contribution in [0.4, 0.5) is 4.39 Å². The number of rotatable bonds is 6. The van der Waals surface area contributed by atoms with Crippen molar-refractivity contribution in [3.05, 3.63) is 47.8 Å². The van der Waals surface area contributed by atoms with Gasteiger partial charge in [0.05, 0.1) is 6.33 Å². The minimum absolute atomic E-state index is 0.684. The molecule has 1 aromatic carbocycles. The van der Waals surface area contributed by atoms with Crippen molar-refractivity contribution < 1.29 is 4.39 Å². The normalized spacial score (nSPS) is 23.3. The minimum atomic E-state index is 0.684. The molecular weight excluding hydrogens is 247 g/mol. The predicted octanol–water partition coefficient (Wildman–Crippen LogP) is 6.18. The van der Waals surface area contributed by atoms with Crippen LogP contribution in [-0.4, -0.2) is 0 Å². The molecule has 0 spiro atoms. The molecule has 0 aliphatic heterocycles. The van der Waals surface area contributed by atoms with Crippen LogP contribution in [0, 0.1) is 5.92 Å². The van der Waals surface area contributed by atoms with E-state index < -0.39 is 0 Å². The van der Waals surface area contributed by atoms with Crippen LogP contribution in [0.2, 0.25) is 0 Å². The highest BCUT2D eigenvalue weighted by molar-refractivity contribution is 5.25. The predicted molar refractivity (Wildman–Crippen MR) is 84.6 cm³/mol. The third-order valence-electron chi connectivity index (χ3n) is 4.67. The summed E-state index contributed by atoms with van der Waals surface area (Å²) in [6.07, 6.45) is 12.0. The summed E-state index contributed by atoms with van der Waals surface area (Å²) in [5.41, 5.74) is 2.98. The monoisotopic (exact) mass is 274 g/mol. The molecule has 1 saturated carbocycles. The fourth-order valence-corrected chi connectivity index (χ4v) is 3.42. The molecule has 20 heavy (non-hydrogen) atoms. The molecular formula is C19H27F. The van der Waals surface area contributed by atoms with Crippen molar-refractivity contribution in [2.45, 2.75) is 64.2 Å². The SMILES string of the molecule is CCCc1ccc(C2CCC(CC/C=C/F)CC2)cc1. The maximum absolute atomic E-state index is 11.9. The summed E-state index contributed by atoms with van der Waals surface area (Å²) in [6.45, 7) is 2.23. The van der Waals surface area contributed by atoms with Crippen molar-refractivity contribution in [1.82, 2.24) is 0 Å². The van der Waals surface area contributed by atoms with E-state index in [0.717, 1.165) is 24.7 Å². The second-order valence-corrected chi connectivity index (χ2v) is 6.15. The standard InChI is InChI=1S/C19H27F/c1-2-5-16-7-11-18(12-8-16)19-13-9-17(10-14-19)6-3-4-15-20/h4,7-8,11-12,15,17,19H,2-3,5-6,9-10,13-14H2,1H3/b15-4+. The molecule has 0 amide bonds. The van der Waals surface area contributed by atoms with E-state index in [0.29, 0.717) is 6.33 Å². The highest BCUT2D eigenvalue weighted by Crippen LogP contribution is 2.37. The number of allylic oxidation sites excluding steroid dienone is 1. The highest BCUT2D eigenvalue weighted by atomic mass is 19.1. The van der Waals surface area contributed by atoms with Gasteiger partial charge in [-0.25, -0.2) is 4.39 Å². The van der Waals surface area contributed by atoms with Crippen LogP contribution >= 0.6 is 0 Å². The van der Waals surface area contributed by atoms with Gasteiger partial charge in [0, 0.05) is 0 Å². The van der Waals surface area contributed by atoms with Crippen molar-refractivity contribution in [3.63, 3.8) is 0 Å². The van der Waals surface area contributed by atoms with Crippen molar-refractivity contribution >= 4 is 0 Å². The van der Waals surface area contributed by atoms with Gasteiger partial charge in [-0.15, -0.1) is 0 Å². The van der Waals surface area contributed by atoms with Crippen LogP contribution in [0.1, 0.15) is 68.9 Å². The molecule has 1 heteroatoms. The zero-order chi connectivity index (χ0) is 14.2. The molecule has 110 valence electrons. The summed E-state index contributed by atoms with van der Waals surface area (Å²) < 4.78 is 11.9. The van der Waals surface area contributed by atoms with Crippen LogP contribution in [0.25, 0.3) is 0 Å². The molecule has 0 aromatic heterocycles. The van der Waals surface area contributed by atoms with E-state index >= 15 is 0 Å². The van der Waals surface area contributed by atoms with Gasteiger partial charge in [0.15, 0.2) is 0 Å². The van der Waals surface area contributed by atoms with E-state index in [1.807, 2.05) is 0 Å². The molecule has 1 aliphatic rings. The largest absolute Gasteiger partial charge is 0.216 e. The molecule has 0 bridgehead atoms. The Labute approximate surface area is 123 Å². The first-order valence-electron chi connectivity index (χ1n) is 8.17. The lowest BCUT2D eigenvalue weighted by Crippen LogP contribution is -2.13. The average molecular weight is 274 g/mol. The zero-order valence-electron chi connectivity index (χ0n) is 12.7. The molecule has 1 aromatic rings.